The molecule has 0 unspecified atom stereocenters. The zero-order valence-corrected chi connectivity index (χ0v) is 15.0. The highest BCUT2D eigenvalue weighted by Crippen LogP contribution is 2.35. The van der Waals surface area contributed by atoms with Crippen LogP contribution in [0.3, 0.4) is 0 Å². The average Bonchev–Trinajstić information content (AvgIpc) is 2.56. The standard InChI is InChI=1S/C16H9BrF3NO4S/c17-13-6-9(7-14(22)15(13)23)5-12(8-21)26(24,25)11-3-1-10(2-4-11)16(18,19)20/h1-7,22-23H/b12-5+. The van der Waals surface area contributed by atoms with Crippen molar-refractivity contribution in [1.29, 1.82) is 5.26 Å². The van der Waals surface area contributed by atoms with Gasteiger partial charge < -0.3 is 10.2 Å². The maximum atomic E-state index is 12.6. The summed E-state index contributed by atoms with van der Waals surface area (Å²) >= 11 is 2.95. The number of sulfone groups is 1. The van der Waals surface area contributed by atoms with Gasteiger partial charge in [0.25, 0.3) is 0 Å². The molecule has 0 aromatic heterocycles. The molecule has 0 aliphatic heterocycles. The Balaban J connectivity index is 2.51. The van der Waals surface area contributed by atoms with Crippen LogP contribution in [0.15, 0.2) is 50.7 Å². The van der Waals surface area contributed by atoms with E-state index in [4.69, 9.17) is 5.26 Å². The van der Waals surface area contributed by atoms with E-state index in [1.807, 2.05) is 0 Å². The van der Waals surface area contributed by atoms with Crippen LogP contribution < -0.4 is 0 Å². The maximum Gasteiger partial charge on any atom is 0.416 e. The van der Waals surface area contributed by atoms with E-state index in [-0.39, 0.29) is 10.0 Å². The third kappa shape index (κ3) is 4.00. The lowest BCUT2D eigenvalue weighted by atomic mass is 10.2. The first-order chi connectivity index (χ1) is 12.0. The predicted octanol–water partition coefficient (Wildman–Crippen LogP) is 4.22. The van der Waals surface area contributed by atoms with Gasteiger partial charge in [-0.2, -0.15) is 18.4 Å². The Bertz CT molecular complexity index is 1000. The topological polar surface area (TPSA) is 98.4 Å². The molecular weight excluding hydrogens is 439 g/mol. The Hall–Kier alpha value is -2.51. The lowest BCUT2D eigenvalue weighted by Crippen LogP contribution is -2.07. The van der Waals surface area contributed by atoms with E-state index in [1.165, 1.54) is 12.1 Å². The number of phenolic OH excluding ortho intramolecular Hbond substituents is 2. The first-order valence-electron chi connectivity index (χ1n) is 6.72. The number of halogens is 4. The summed E-state index contributed by atoms with van der Waals surface area (Å²) in [6.07, 6.45) is -3.69. The fraction of sp³-hybridized carbons (Fsp3) is 0.0625. The molecule has 2 aromatic rings. The van der Waals surface area contributed by atoms with Gasteiger partial charge >= 0.3 is 6.18 Å². The van der Waals surface area contributed by atoms with Gasteiger partial charge in [-0.3, -0.25) is 0 Å². The second-order valence-electron chi connectivity index (χ2n) is 5.02. The number of aromatic hydroxyl groups is 2. The van der Waals surface area contributed by atoms with E-state index in [9.17, 15) is 31.8 Å². The number of nitriles is 1. The van der Waals surface area contributed by atoms with Crippen molar-refractivity contribution >= 4 is 31.8 Å². The van der Waals surface area contributed by atoms with E-state index in [2.05, 4.69) is 15.9 Å². The number of allylic oxidation sites excluding steroid dienone is 1. The normalized spacial score (nSPS) is 12.7. The summed E-state index contributed by atoms with van der Waals surface area (Å²) in [4.78, 5) is -1.23. The summed E-state index contributed by atoms with van der Waals surface area (Å²) in [5, 5.41) is 28.2. The molecule has 26 heavy (non-hydrogen) atoms. The Morgan fingerprint density at radius 2 is 1.73 bits per heavy atom. The van der Waals surface area contributed by atoms with E-state index in [0.29, 0.717) is 12.1 Å². The number of benzene rings is 2. The highest BCUT2D eigenvalue weighted by molar-refractivity contribution is 9.10. The number of hydrogen-bond acceptors (Lipinski definition) is 5. The minimum absolute atomic E-state index is 0.0629. The number of phenols is 2. The van der Waals surface area contributed by atoms with Gasteiger partial charge in [0.05, 0.1) is 14.9 Å². The van der Waals surface area contributed by atoms with Crippen molar-refractivity contribution in [1.82, 2.24) is 0 Å². The maximum absolute atomic E-state index is 12.6. The van der Waals surface area contributed by atoms with Crippen LogP contribution in [0, 0.1) is 11.3 Å². The molecule has 0 radical (unpaired) electrons. The van der Waals surface area contributed by atoms with Crippen molar-refractivity contribution in [3.8, 4) is 17.6 Å². The van der Waals surface area contributed by atoms with Gasteiger partial charge in [0.15, 0.2) is 11.5 Å². The Labute approximate surface area is 154 Å². The van der Waals surface area contributed by atoms with Crippen LogP contribution in [0.5, 0.6) is 11.5 Å². The van der Waals surface area contributed by atoms with Crippen LogP contribution in [0.2, 0.25) is 0 Å². The van der Waals surface area contributed by atoms with E-state index in [1.54, 1.807) is 0 Å². The van der Waals surface area contributed by atoms with Crippen LogP contribution in [-0.2, 0) is 16.0 Å². The molecule has 0 saturated carbocycles. The molecule has 2 N–H and O–H groups in total. The molecule has 2 rings (SSSR count). The molecule has 0 spiro atoms. The summed E-state index contributed by atoms with van der Waals surface area (Å²) in [5.74, 6) is -1.01. The molecule has 0 amide bonds. The molecule has 10 heteroatoms. The van der Waals surface area contributed by atoms with Crippen molar-refractivity contribution < 1.29 is 31.8 Å². The summed E-state index contributed by atoms with van der Waals surface area (Å²) in [5.41, 5.74) is -0.939. The van der Waals surface area contributed by atoms with Gasteiger partial charge in [-0.1, -0.05) is 0 Å². The van der Waals surface area contributed by atoms with Crippen molar-refractivity contribution in [3.63, 3.8) is 0 Å². The zero-order chi connectivity index (χ0) is 19.7. The van der Waals surface area contributed by atoms with Gasteiger partial charge in [-0.25, -0.2) is 8.42 Å². The lowest BCUT2D eigenvalue weighted by molar-refractivity contribution is -0.137. The van der Waals surface area contributed by atoms with Gasteiger partial charge in [0, 0.05) is 0 Å². The zero-order valence-electron chi connectivity index (χ0n) is 12.6. The molecule has 0 aliphatic rings. The first kappa shape index (κ1) is 19.8. The van der Waals surface area contributed by atoms with Crippen molar-refractivity contribution in [3.05, 3.63) is 56.9 Å². The number of rotatable bonds is 3. The van der Waals surface area contributed by atoms with E-state index in [0.717, 1.165) is 24.3 Å². The molecule has 136 valence electrons. The third-order valence-corrected chi connectivity index (χ3v) is 5.54. The highest BCUT2D eigenvalue weighted by Gasteiger charge is 2.31. The molecular formula is C16H9BrF3NO4S. The SMILES string of the molecule is N#C/C(=C\c1cc(O)c(O)c(Br)c1)S(=O)(=O)c1ccc(C(F)(F)F)cc1. The molecule has 0 atom stereocenters. The predicted molar refractivity (Wildman–Crippen MR) is 89.7 cm³/mol. The van der Waals surface area contributed by atoms with Gasteiger partial charge in [0.1, 0.15) is 11.0 Å². The van der Waals surface area contributed by atoms with Crippen LogP contribution in [0.1, 0.15) is 11.1 Å². The molecule has 0 heterocycles. The fourth-order valence-corrected chi connectivity index (χ4v) is 3.59. The van der Waals surface area contributed by atoms with E-state index >= 15 is 0 Å². The van der Waals surface area contributed by atoms with Crippen molar-refractivity contribution in [2.45, 2.75) is 11.1 Å². The number of alkyl halides is 3. The minimum atomic E-state index is -4.62. The Morgan fingerprint density at radius 3 is 2.19 bits per heavy atom. The Morgan fingerprint density at radius 1 is 1.15 bits per heavy atom. The van der Waals surface area contributed by atoms with Crippen LogP contribution >= 0.6 is 15.9 Å². The van der Waals surface area contributed by atoms with Gasteiger partial charge in [-0.15, -0.1) is 0 Å². The smallest absolute Gasteiger partial charge is 0.416 e. The minimum Gasteiger partial charge on any atom is -0.504 e. The second kappa shape index (κ2) is 7.01. The number of nitrogens with zero attached hydrogens (tertiary/aromatic N) is 1. The highest BCUT2D eigenvalue weighted by atomic mass is 79.9. The van der Waals surface area contributed by atoms with Crippen LogP contribution in [-0.4, -0.2) is 18.6 Å². The van der Waals surface area contributed by atoms with E-state index < -0.39 is 42.9 Å². The molecule has 0 saturated heterocycles. The number of hydrogen-bond donors (Lipinski definition) is 2. The summed E-state index contributed by atoms with van der Waals surface area (Å²) in [7, 11) is -4.37. The fourth-order valence-electron chi connectivity index (χ4n) is 1.96. The third-order valence-electron chi connectivity index (χ3n) is 3.26. The molecule has 0 fully saturated rings. The van der Waals surface area contributed by atoms with Crippen molar-refractivity contribution in [2.24, 2.45) is 0 Å². The average molecular weight is 448 g/mol. The largest absolute Gasteiger partial charge is 0.504 e. The van der Waals surface area contributed by atoms with Gasteiger partial charge in [-0.05, 0) is 64.0 Å². The monoisotopic (exact) mass is 447 g/mol. The first-order valence-corrected chi connectivity index (χ1v) is 9.00. The van der Waals surface area contributed by atoms with Crippen LogP contribution in [0.4, 0.5) is 13.2 Å². The summed E-state index contributed by atoms with van der Waals surface area (Å²) < 4.78 is 62.7. The lowest BCUT2D eigenvalue weighted by Gasteiger charge is -2.08. The quantitative estimate of drug-likeness (QED) is 0.542. The molecule has 0 aliphatic carbocycles. The van der Waals surface area contributed by atoms with Crippen LogP contribution in [0.25, 0.3) is 6.08 Å². The molecule has 2 aromatic carbocycles. The summed E-state index contributed by atoms with van der Waals surface area (Å²) in [6.45, 7) is 0. The van der Waals surface area contributed by atoms with Gasteiger partial charge in [0.2, 0.25) is 9.84 Å². The van der Waals surface area contributed by atoms with Crippen molar-refractivity contribution in [2.75, 3.05) is 0 Å². The summed E-state index contributed by atoms with van der Waals surface area (Å²) in [6, 6.07) is 6.48. The Kier molecular flexibility index (Phi) is 5.34. The molecule has 5 nitrogen and oxygen atoms in total. The molecule has 0 bridgehead atoms. The second-order valence-corrected chi connectivity index (χ2v) is 7.79.